The van der Waals surface area contributed by atoms with Gasteiger partial charge in [-0.3, -0.25) is 0 Å². The van der Waals surface area contributed by atoms with Gasteiger partial charge in [0.1, 0.15) is 0 Å². The molecular formula is C19H19BrN4OS2. The van der Waals surface area contributed by atoms with E-state index in [1.54, 1.807) is 23.1 Å². The van der Waals surface area contributed by atoms with Crippen LogP contribution in [0.3, 0.4) is 0 Å². The number of thiophene rings is 1. The highest BCUT2D eigenvalue weighted by atomic mass is 79.9. The molecule has 5 nitrogen and oxygen atoms in total. The maximum atomic E-state index is 6.25. The number of nitrogens with one attached hydrogen (secondary N) is 1. The van der Waals surface area contributed by atoms with Gasteiger partial charge in [0.05, 0.1) is 4.88 Å². The number of benzene rings is 1. The Labute approximate surface area is 175 Å². The molecule has 8 heteroatoms. The van der Waals surface area contributed by atoms with Gasteiger partial charge in [-0.2, -0.15) is 4.98 Å². The van der Waals surface area contributed by atoms with E-state index >= 15 is 0 Å². The summed E-state index contributed by atoms with van der Waals surface area (Å²) in [5.41, 5.74) is 2.55. The van der Waals surface area contributed by atoms with Crippen LogP contribution in [0.15, 0.2) is 45.3 Å². The number of hydrogen-bond donors (Lipinski definition) is 1. The fourth-order valence-electron chi connectivity index (χ4n) is 2.82. The van der Waals surface area contributed by atoms with Gasteiger partial charge in [-0.05, 0) is 36.1 Å². The molecule has 0 saturated carbocycles. The molecule has 1 N–H and O–H groups in total. The summed E-state index contributed by atoms with van der Waals surface area (Å²) in [6.07, 6.45) is 3.26. The fraction of sp³-hybridized carbons (Fsp3) is 0.316. The van der Waals surface area contributed by atoms with Crippen LogP contribution in [0, 0.1) is 0 Å². The lowest BCUT2D eigenvalue weighted by Gasteiger charge is -2.17. The van der Waals surface area contributed by atoms with E-state index in [0.29, 0.717) is 16.7 Å². The van der Waals surface area contributed by atoms with Gasteiger partial charge in [0, 0.05) is 21.5 Å². The van der Waals surface area contributed by atoms with Crippen LogP contribution in [-0.4, -0.2) is 20.9 Å². The summed E-state index contributed by atoms with van der Waals surface area (Å²) >= 11 is 6.83. The lowest BCUT2D eigenvalue weighted by molar-refractivity contribution is 0.229. The molecule has 0 unspecified atom stereocenters. The highest BCUT2D eigenvalue weighted by Gasteiger charge is 2.26. The summed E-state index contributed by atoms with van der Waals surface area (Å²) in [7, 11) is 0. The average molecular weight is 463 g/mol. The molecule has 140 valence electrons. The molecule has 1 aliphatic heterocycles. The minimum atomic E-state index is -0.305. The van der Waals surface area contributed by atoms with Gasteiger partial charge in [0.15, 0.2) is 5.69 Å². The van der Waals surface area contributed by atoms with Crippen LogP contribution >= 0.6 is 39.0 Å². The summed E-state index contributed by atoms with van der Waals surface area (Å²) in [4.78, 5) is 5.77. The summed E-state index contributed by atoms with van der Waals surface area (Å²) in [6.45, 7) is 2.20. The van der Waals surface area contributed by atoms with Gasteiger partial charge < -0.3 is 10.1 Å². The molecule has 1 aliphatic rings. The lowest BCUT2D eigenvalue weighted by atomic mass is 10.1. The van der Waals surface area contributed by atoms with E-state index in [0.717, 1.165) is 32.8 Å². The smallest absolute Gasteiger partial charge is 0.247 e. The number of anilines is 1. The van der Waals surface area contributed by atoms with E-state index in [-0.39, 0.29) is 6.23 Å². The normalized spacial score (nSPS) is 15.3. The molecule has 4 rings (SSSR count). The molecule has 1 aromatic carbocycles. The van der Waals surface area contributed by atoms with Crippen molar-refractivity contribution in [2.24, 2.45) is 0 Å². The molecule has 0 aliphatic carbocycles. The second-order valence-electron chi connectivity index (χ2n) is 6.15. The highest BCUT2D eigenvalue weighted by molar-refractivity contribution is 9.10. The molecule has 3 aromatic rings. The predicted molar refractivity (Wildman–Crippen MR) is 115 cm³/mol. The monoisotopic (exact) mass is 462 g/mol. The first kappa shape index (κ1) is 18.7. The zero-order valence-corrected chi connectivity index (χ0v) is 18.0. The maximum Gasteiger partial charge on any atom is 0.247 e. The number of halogens is 1. The van der Waals surface area contributed by atoms with Gasteiger partial charge in [0.2, 0.25) is 17.3 Å². The van der Waals surface area contributed by atoms with Gasteiger partial charge >= 0.3 is 0 Å². The quantitative estimate of drug-likeness (QED) is 0.350. The molecular weight excluding hydrogens is 444 g/mol. The molecule has 3 heterocycles. The number of thioether (sulfide) groups is 1. The zero-order valence-electron chi connectivity index (χ0n) is 14.8. The summed E-state index contributed by atoms with van der Waals surface area (Å²) < 4.78 is 7.22. The van der Waals surface area contributed by atoms with Crippen LogP contribution in [0.2, 0.25) is 0 Å². The van der Waals surface area contributed by atoms with Gasteiger partial charge in [-0.15, -0.1) is 21.5 Å². The predicted octanol–water partition coefficient (Wildman–Crippen LogP) is 6.15. The number of unbranched alkanes of at least 4 members (excludes halogenated alkanes) is 2. The third kappa shape index (κ3) is 4.28. The average Bonchev–Trinajstić information content (AvgIpc) is 3.16. The van der Waals surface area contributed by atoms with Crippen LogP contribution in [0.4, 0.5) is 5.69 Å². The Morgan fingerprint density at radius 3 is 3.00 bits per heavy atom. The molecule has 2 aromatic heterocycles. The molecule has 0 radical (unpaired) electrons. The van der Waals surface area contributed by atoms with Crippen LogP contribution in [-0.2, 0) is 0 Å². The summed E-state index contributed by atoms with van der Waals surface area (Å²) in [5.74, 6) is 1.51. The van der Waals surface area contributed by atoms with Crippen molar-refractivity contribution in [2.75, 3.05) is 11.1 Å². The fourth-order valence-corrected chi connectivity index (χ4v) is 4.66. The zero-order chi connectivity index (χ0) is 18.6. The number of fused-ring (bicyclic) bond motifs is 3. The Hall–Kier alpha value is -1.64. The van der Waals surface area contributed by atoms with Crippen molar-refractivity contribution in [3.63, 3.8) is 0 Å². The SMILES string of the molecule is CCCCCSc1nnc2c(n1)O[C@@H](c1cccs1)Nc1ccc(Br)cc1-2. The number of nitrogens with zero attached hydrogens (tertiary/aromatic N) is 3. The van der Waals surface area contributed by atoms with Crippen molar-refractivity contribution in [2.45, 2.75) is 37.6 Å². The minimum Gasteiger partial charge on any atom is -0.447 e. The van der Waals surface area contributed by atoms with Crippen LogP contribution in [0.1, 0.15) is 37.3 Å². The molecule has 0 spiro atoms. The van der Waals surface area contributed by atoms with Crippen molar-refractivity contribution in [1.82, 2.24) is 15.2 Å². The second-order valence-corrected chi connectivity index (χ2v) is 9.11. The maximum absolute atomic E-state index is 6.25. The topological polar surface area (TPSA) is 59.9 Å². The number of hydrogen-bond acceptors (Lipinski definition) is 7. The minimum absolute atomic E-state index is 0.305. The van der Waals surface area contributed by atoms with E-state index in [2.05, 4.69) is 49.4 Å². The van der Waals surface area contributed by atoms with Crippen molar-refractivity contribution < 1.29 is 4.74 Å². The molecule has 0 saturated heterocycles. The molecule has 1 atom stereocenters. The number of aromatic nitrogens is 3. The molecule has 0 fully saturated rings. The Morgan fingerprint density at radius 2 is 2.19 bits per heavy atom. The van der Waals surface area contributed by atoms with E-state index < -0.39 is 0 Å². The van der Waals surface area contributed by atoms with Crippen molar-refractivity contribution in [3.05, 3.63) is 45.1 Å². The molecule has 0 bridgehead atoms. The first-order chi connectivity index (χ1) is 13.2. The first-order valence-electron chi connectivity index (χ1n) is 8.88. The Kier molecular flexibility index (Phi) is 5.95. The standard InChI is InChI=1S/C19H19BrN4OS2/c1-2-3-4-9-27-19-22-18-16(23-24-19)13-11-12(20)7-8-14(13)21-17(25-18)15-6-5-10-26-15/h5-8,10-11,17,21H,2-4,9H2,1H3/t17-/m0/s1. The van der Waals surface area contributed by atoms with Crippen molar-refractivity contribution in [3.8, 4) is 17.1 Å². The third-order valence-electron chi connectivity index (χ3n) is 4.17. The summed E-state index contributed by atoms with van der Waals surface area (Å²) in [6, 6.07) is 10.1. The van der Waals surface area contributed by atoms with E-state index in [4.69, 9.17) is 4.74 Å². The van der Waals surface area contributed by atoms with Crippen LogP contribution in [0.25, 0.3) is 11.3 Å². The molecule has 0 amide bonds. The lowest BCUT2D eigenvalue weighted by Crippen LogP contribution is -2.15. The Balaban J connectivity index is 1.70. The number of ether oxygens (including phenoxy) is 1. The Bertz CT molecular complexity index is 920. The van der Waals surface area contributed by atoms with E-state index in [1.807, 2.05) is 29.6 Å². The van der Waals surface area contributed by atoms with Crippen molar-refractivity contribution >= 4 is 44.7 Å². The van der Waals surface area contributed by atoms with E-state index in [9.17, 15) is 0 Å². The van der Waals surface area contributed by atoms with E-state index in [1.165, 1.54) is 12.8 Å². The van der Waals surface area contributed by atoms with Gasteiger partial charge in [-0.1, -0.05) is 53.5 Å². The van der Waals surface area contributed by atoms with Gasteiger partial charge in [-0.25, -0.2) is 0 Å². The van der Waals surface area contributed by atoms with Gasteiger partial charge in [0.25, 0.3) is 0 Å². The highest BCUT2D eigenvalue weighted by Crippen LogP contribution is 2.41. The van der Waals surface area contributed by atoms with Crippen LogP contribution in [0.5, 0.6) is 5.88 Å². The second kappa shape index (κ2) is 8.58. The third-order valence-corrected chi connectivity index (χ3v) is 6.50. The molecule has 27 heavy (non-hydrogen) atoms. The largest absolute Gasteiger partial charge is 0.447 e. The Morgan fingerprint density at radius 1 is 1.26 bits per heavy atom. The van der Waals surface area contributed by atoms with Crippen LogP contribution < -0.4 is 10.1 Å². The number of rotatable bonds is 6. The first-order valence-corrected chi connectivity index (χ1v) is 11.5. The van der Waals surface area contributed by atoms with Crippen molar-refractivity contribution in [1.29, 1.82) is 0 Å². The summed E-state index contributed by atoms with van der Waals surface area (Å²) in [5, 5.41) is 15.0.